The topological polar surface area (TPSA) is 68.0 Å². The summed E-state index contributed by atoms with van der Waals surface area (Å²) >= 11 is 1.56. The van der Waals surface area contributed by atoms with Crippen molar-refractivity contribution in [2.24, 2.45) is 0 Å². The molecule has 0 saturated heterocycles. The molecule has 3 heterocycles. The second-order valence-electron chi connectivity index (χ2n) is 4.38. The second kappa shape index (κ2) is 4.24. The molecule has 1 aromatic carbocycles. The van der Waals surface area contributed by atoms with Gasteiger partial charge in [-0.15, -0.1) is 16.4 Å². The molecule has 0 amide bonds. The van der Waals surface area contributed by atoms with Crippen molar-refractivity contribution in [1.82, 2.24) is 24.6 Å². The van der Waals surface area contributed by atoms with Crippen LogP contribution >= 0.6 is 11.3 Å². The number of benzene rings is 1. The Balaban J connectivity index is 1.72. The molecule has 0 aliphatic heterocycles. The number of fused-ring (bicyclic) bond motifs is 2. The van der Waals surface area contributed by atoms with Gasteiger partial charge in [0.25, 0.3) is 0 Å². The number of thiazole rings is 1. The minimum atomic E-state index is 0.532. The summed E-state index contributed by atoms with van der Waals surface area (Å²) in [6.45, 7) is 2.00. The van der Waals surface area contributed by atoms with Crippen LogP contribution in [0.25, 0.3) is 16.0 Å². The first-order valence-corrected chi connectivity index (χ1v) is 6.97. The van der Waals surface area contributed by atoms with Crippen molar-refractivity contribution in [3.8, 4) is 0 Å². The third-order valence-electron chi connectivity index (χ3n) is 2.93. The highest BCUT2D eigenvalue weighted by Crippen LogP contribution is 2.18. The summed E-state index contributed by atoms with van der Waals surface area (Å²) in [7, 11) is 0. The lowest BCUT2D eigenvalue weighted by Gasteiger charge is -2.01. The van der Waals surface area contributed by atoms with Gasteiger partial charge in [-0.25, -0.2) is 9.50 Å². The molecule has 1 N–H and O–H groups in total. The molecule has 0 aliphatic rings. The Morgan fingerprint density at radius 1 is 1.15 bits per heavy atom. The van der Waals surface area contributed by atoms with Crippen molar-refractivity contribution in [2.45, 2.75) is 6.92 Å². The highest BCUT2D eigenvalue weighted by Gasteiger charge is 2.08. The number of hydrogen-bond donors (Lipinski definition) is 1. The number of rotatable bonds is 2. The van der Waals surface area contributed by atoms with Crippen LogP contribution in [-0.4, -0.2) is 24.6 Å². The Labute approximate surface area is 118 Å². The number of hydrogen-bond acceptors (Lipinski definition) is 6. The van der Waals surface area contributed by atoms with Crippen LogP contribution in [0.1, 0.15) is 5.69 Å². The largest absolute Gasteiger partial charge is 0.306 e. The van der Waals surface area contributed by atoms with Crippen LogP contribution in [-0.2, 0) is 0 Å². The van der Waals surface area contributed by atoms with Crippen molar-refractivity contribution >= 4 is 39.1 Å². The van der Waals surface area contributed by atoms with Crippen molar-refractivity contribution in [3.63, 3.8) is 0 Å². The third-order valence-corrected chi connectivity index (χ3v) is 3.87. The first-order valence-electron chi connectivity index (χ1n) is 6.09. The first-order chi connectivity index (χ1) is 9.79. The van der Waals surface area contributed by atoms with Gasteiger partial charge in [-0.1, -0.05) is 12.1 Å². The summed E-state index contributed by atoms with van der Waals surface area (Å²) in [4.78, 5) is 14.1. The van der Waals surface area contributed by atoms with Crippen LogP contribution < -0.4 is 5.32 Å². The van der Waals surface area contributed by atoms with Crippen molar-refractivity contribution < 1.29 is 0 Å². The van der Waals surface area contributed by atoms with E-state index in [1.165, 1.54) is 0 Å². The number of aryl methyl sites for hydroxylation is 1. The van der Waals surface area contributed by atoms with E-state index in [1.807, 2.05) is 41.1 Å². The fourth-order valence-electron chi connectivity index (χ4n) is 1.98. The zero-order valence-electron chi connectivity index (χ0n) is 10.6. The molecule has 0 aliphatic carbocycles. The van der Waals surface area contributed by atoms with Crippen LogP contribution in [0.4, 0.5) is 11.8 Å². The Kier molecular flexibility index (Phi) is 2.40. The summed E-state index contributed by atoms with van der Waals surface area (Å²) in [6, 6.07) is 7.74. The van der Waals surface area contributed by atoms with Crippen molar-refractivity contribution in [2.75, 3.05) is 5.32 Å². The molecule has 6 nitrogen and oxygen atoms in total. The van der Waals surface area contributed by atoms with E-state index in [1.54, 1.807) is 17.5 Å². The Morgan fingerprint density at radius 2 is 2.00 bits per heavy atom. The Bertz CT molecular complexity index is 909. The van der Waals surface area contributed by atoms with Crippen LogP contribution in [0, 0.1) is 6.92 Å². The van der Waals surface area contributed by atoms with Crippen molar-refractivity contribution in [3.05, 3.63) is 41.5 Å². The lowest BCUT2D eigenvalue weighted by atomic mass is 10.3. The quantitative estimate of drug-likeness (QED) is 0.612. The maximum Gasteiger partial charge on any atom is 0.249 e. The lowest BCUT2D eigenvalue weighted by Crippen LogP contribution is -1.97. The van der Waals surface area contributed by atoms with E-state index in [-0.39, 0.29) is 0 Å². The highest BCUT2D eigenvalue weighted by molar-refractivity contribution is 7.15. The van der Waals surface area contributed by atoms with Crippen LogP contribution in [0.15, 0.2) is 35.8 Å². The summed E-state index contributed by atoms with van der Waals surface area (Å²) in [5.41, 5.74) is 2.78. The summed E-state index contributed by atoms with van der Waals surface area (Å²) in [6.07, 6.45) is 1.68. The number of aromatic nitrogens is 5. The minimum Gasteiger partial charge on any atom is -0.306 e. The highest BCUT2D eigenvalue weighted by atomic mass is 32.1. The Hall–Kier alpha value is -2.54. The van der Waals surface area contributed by atoms with Crippen LogP contribution in [0.3, 0.4) is 0 Å². The average Bonchev–Trinajstić information content (AvgIpc) is 3.01. The SMILES string of the molecule is Cc1csc2nc(Nc3cnc4ccccc4n3)nn12. The number of nitrogens with zero attached hydrogens (tertiary/aromatic N) is 5. The minimum absolute atomic E-state index is 0.532. The zero-order valence-corrected chi connectivity index (χ0v) is 11.4. The molecule has 4 aromatic rings. The van der Waals surface area contributed by atoms with Gasteiger partial charge < -0.3 is 5.32 Å². The third kappa shape index (κ3) is 1.79. The molecule has 20 heavy (non-hydrogen) atoms. The normalized spacial score (nSPS) is 11.2. The van der Waals surface area contributed by atoms with Gasteiger partial charge in [0.05, 0.1) is 22.9 Å². The number of nitrogens with one attached hydrogen (secondary N) is 1. The standard InChI is InChI=1S/C13H10N6S/c1-8-7-20-13-17-12(18-19(8)13)16-11-6-14-9-4-2-3-5-10(9)15-11/h2-7H,1H3,(H,15,16,18). The second-order valence-corrected chi connectivity index (χ2v) is 5.21. The predicted molar refractivity (Wildman–Crippen MR) is 78.4 cm³/mol. The molecule has 98 valence electrons. The molecule has 7 heteroatoms. The van der Waals surface area contributed by atoms with Gasteiger partial charge in [-0.3, -0.25) is 4.98 Å². The molecule has 0 atom stereocenters. The van der Waals surface area contributed by atoms with E-state index >= 15 is 0 Å². The Morgan fingerprint density at radius 3 is 2.85 bits per heavy atom. The molecule has 0 fully saturated rings. The van der Waals surface area contributed by atoms with Gasteiger partial charge in [0.15, 0.2) is 5.82 Å². The predicted octanol–water partition coefficient (Wildman–Crippen LogP) is 2.79. The zero-order chi connectivity index (χ0) is 13.5. The van der Waals surface area contributed by atoms with Gasteiger partial charge in [0, 0.05) is 5.38 Å². The van der Waals surface area contributed by atoms with E-state index in [4.69, 9.17) is 0 Å². The fourth-order valence-corrected chi connectivity index (χ4v) is 2.78. The first kappa shape index (κ1) is 11.3. The average molecular weight is 282 g/mol. The van der Waals surface area contributed by atoms with Crippen molar-refractivity contribution in [1.29, 1.82) is 0 Å². The van der Waals surface area contributed by atoms with Gasteiger partial charge in [-0.2, -0.15) is 4.98 Å². The molecule has 3 aromatic heterocycles. The molecule has 0 spiro atoms. The van der Waals surface area contributed by atoms with Gasteiger partial charge in [0.1, 0.15) is 0 Å². The summed E-state index contributed by atoms with van der Waals surface area (Å²) in [5.74, 6) is 1.17. The fraction of sp³-hybridized carbons (Fsp3) is 0.0769. The summed E-state index contributed by atoms with van der Waals surface area (Å²) < 4.78 is 1.81. The molecule has 0 unspecified atom stereocenters. The molecule has 0 radical (unpaired) electrons. The number of anilines is 2. The van der Waals surface area contributed by atoms with E-state index in [0.717, 1.165) is 21.7 Å². The maximum absolute atomic E-state index is 4.49. The molecule has 4 rings (SSSR count). The van der Waals surface area contributed by atoms with Gasteiger partial charge in [0.2, 0.25) is 10.9 Å². The monoisotopic (exact) mass is 282 g/mol. The van der Waals surface area contributed by atoms with Gasteiger partial charge >= 0.3 is 0 Å². The summed E-state index contributed by atoms with van der Waals surface area (Å²) in [5, 5.41) is 9.50. The maximum atomic E-state index is 4.49. The number of para-hydroxylation sites is 2. The smallest absolute Gasteiger partial charge is 0.249 e. The van der Waals surface area contributed by atoms with Crippen LogP contribution in [0.2, 0.25) is 0 Å². The van der Waals surface area contributed by atoms with E-state index in [0.29, 0.717) is 11.8 Å². The van der Waals surface area contributed by atoms with Crippen LogP contribution in [0.5, 0.6) is 0 Å². The molecular weight excluding hydrogens is 272 g/mol. The van der Waals surface area contributed by atoms with Gasteiger partial charge in [-0.05, 0) is 19.1 Å². The van der Waals surface area contributed by atoms with E-state index in [9.17, 15) is 0 Å². The lowest BCUT2D eigenvalue weighted by molar-refractivity contribution is 0.935. The molecule has 0 bridgehead atoms. The van der Waals surface area contributed by atoms with E-state index < -0.39 is 0 Å². The molecular formula is C13H10N6S. The molecule has 0 saturated carbocycles. The van der Waals surface area contributed by atoms with E-state index in [2.05, 4.69) is 25.4 Å².